The summed E-state index contributed by atoms with van der Waals surface area (Å²) in [6.07, 6.45) is 7.92. The fraction of sp³-hybridized carbons (Fsp3) is 0.480. The monoisotopic (exact) mass is 473 g/mol. The van der Waals surface area contributed by atoms with Gasteiger partial charge in [0, 0.05) is 10.2 Å². The van der Waals surface area contributed by atoms with E-state index in [1.807, 2.05) is 36.4 Å². The summed E-state index contributed by atoms with van der Waals surface area (Å²) >= 11 is 3.44. The second-order valence-electron chi connectivity index (χ2n) is 8.47. The molecule has 0 heterocycles. The quantitative estimate of drug-likeness (QED) is 0.422. The van der Waals surface area contributed by atoms with Gasteiger partial charge in [0.15, 0.2) is 0 Å². The third-order valence-electron chi connectivity index (χ3n) is 5.39. The van der Waals surface area contributed by atoms with Crippen molar-refractivity contribution >= 4 is 27.5 Å². The number of anilines is 1. The lowest BCUT2D eigenvalue weighted by Crippen LogP contribution is -2.15. The maximum Gasteiger partial charge on any atom is 0.259 e. The predicted octanol–water partition coefficient (Wildman–Crippen LogP) is 7.09. The molecule has 1 N–H and O–H groups in total. The molecule has 0 bridgehead atoms. The minimum atomic E-state index is -0.193. The van der Waals surface area contributed by atoms with Gasteiger partial charge in [0.25, 0.3) is 5.91 Å². The van der Waals surface area contributed by atoms with E-state index in [-0.39, 0.29) is 5.91 Å². The zero-order chi connectivity index (χ0) is 21.3. The highest BCUT2D eigenvalue weighted by atomic mass is 79.9. The Bertz CT molecular complexity index is 814. The Morgan fingerprint density at radius 2 is 1.80 bits per heavy atom. The predicted molar refractivity (Wildman–Crippen MR) is 126 cm³/mol. The summed E-state index contributed by atoms with van der Waals surface area (Å²) < 4.78 is 12.6. The fourth-order valence-electron chi connectivity index (χ4n) is 3.71. The molecule has 0 spiro atoms. The molecule has 0 atom stereocenters. The Kier molecular flexibility index (Phi) is 8.61. The van der Waals surface area contributed by atoms with Gasteiger partial charge in [0.2, 0.25) is 0 Å². The Morgan fingerprint density at radius 1 is 1.07 bits per heavy atom. The average Bonchev–Trinajstić information content (AvgIpc) is 2.74. The van der Waals surface area contributed by atoms with Gasteiger partial charge >= 0.3 is 0 Å². The van der Waals surface area contributed by atoms with E-state index in [0.717, 1.165) is 34.9 Å². The Balaban J connectivity index is 1.54. The lowest BCUT2D eigenvalue weighted by atomic mass is 9.87. The van der Waals surface area contributed by atoms with Crippen molar-refractivity contribution in [3.05, 3.63) is 52.5 Å². The van der Waals surface area contributed by atoms with Gasteiger partial charge in [-0.1, -0.05) is 61.9 Å². The highest BCUT2D eigenvalue weighted by Crippen LogP contribution is 2.27. The van der Waals surface area contributed by atoms with Crippen molar-refractivity contribution in [1.82, 2.24) is 0 Å². The first-order chi connectivity index (χ1) is 14.5. The molecule has 3 rings (SSSR count). The number of nitrogens with one attached hydrogen (secondary N) is 1. The number of hydrogen-bond acceptors (Lipinski definition) is 3. The van der Waals surface area contributed by atoms with Crippen LogP contribution in [0.1, 0.15) is 62.7 Å². The largest absolute Gasteiger partial charge is 0.494 e. The number of benzene rings is 2. The number of carbonyl (C=O) groups excluding carboxylic acids is 1. The van der Waals surface area contributed by atoms with Crippen molar-refractivity contribution in [2.75, 3.05) is 18.5 Å². The molecule has 0 aliphatic heterocycles. The molecule has 1 saturated carbocycles. The normalized spacial score (nSPS) is 14.5. The SMILES string of the molecule is CC(C)COc1ccc(Br)cc1C(=O)Nc1ccc(OCCC2CCCCC2)cc1. The molecule has 4 nitrogen and oxygen atoms in total. The van der Waals surface area contributed by atoms with Crippen molar-refractivity contribution in [1.29, 1.82) is 0 Å². The Morgan fingerprint density at radius 3 is 2.50 bits per heavy atom. The molecular weight excluding hydrogens is 442 g/mol. The molecule has 0 unspecified atom stereocenters. The van der Waals surface area contributed by atoms with Crippen LogP contribution in [0.3, 0.4) is 0 Å². The van der Waals surface area contributed by atoms with E-state index in [4.69, 9.17) is 9.47 Å². The molecule has 0 aromatic heterocycles. The van der Waals surface area contributed by atoms with Crippen molar-refractivity contribution in [2.45, 2.75) is 52.4 Å². The zero-order valence-electron chi connectivity index (χ0n) is 18.0. The molecular formula is C25H32BrNO3. The van der Waals surface area contributed by atoms with Crippen LogP contribution in [0, 0.1) is 11.8 Å². The van der Waals surface area contributed by atoms with E-state index in [1.54, 1.807) is 6.07 Å². The maximum atomic E-state index is 12.8. The second-order valence-corrected chi connectivity index (χ2v) is 9.38. The topological polar surface area (TPSA) is 47.6 Å². The average molecular weight is 474 g/mol. The Hall–Kier alpha value is -2.01. The molecule has 0 saturated heterocycles. The number of hydrogen-bond donors (Lipinski definition) is 1. The van der Waals surface area contributed by atoms with Gasteiger partial charge in [0.05, 0.1) is 18.8 Å². The van der Waals surface area contributed by atoms with Crippen LogP contribution in [0.25, 0.3) is 0 Å². The van der Waals surface area contributed by atoms with E-state index < -0.39 is 0 Å². The lowest BCUT2D eigenvalue weighted by Gasteiger charge is -2.21. The van der Waals surface area contributed by atoms with Crippen LogP contribution in [-0.4, -0.2) is 19.1 Å². The van der Waals surface area contributed by atoms with Gasteiger partial charge in [-0.3, -0.25) is 4.79 Å². The number of rotatable bonds is 9. The molecule has 1 aliphatic rings. The summed E-state index contributed by atoms with van der Waals surface area (Å²) in [5, 5.41) is 2.95. The van der Waals surface area contributed by atoms with E-state index in [2.05, 4.69) is 35.1 Å². The van der Waals surface area contributed by atoms with Gasteiger partial charge in [-0.25, -0.2) is 0 Å². The van der Waals surface area contributed by atoms with Gasteiger partial charge in [0.1, 0.15) is 11.5 Å². The molecule has 162 valence electrons. The zero-order valence-corrected chi connectivity index (χ0v) is 19.5. The van der Waals surface area contributed by atoms with E-state index in [9.17, 15) is 4.79 Å². The van der Waals surface area contributed by atoms with Crippen LogP contribution in [0.5, 0.6) is 11.5 Å². The van der Waals surface area contributed by atoms with Crippen molar-refractivity contribution < 1.29 is 14.3 Å². The smallest absolute Gasteiger partial charge is 0.259 e. The molecule has 2 aromatic rings. The summed E-state index contributed by atoms with van der Waals surface area (Å²) in [4.78, 5) is 12.8. The third kappa shape index (κ3) is 7.05. The molecule has 5 heteroatoms. The van der Waals surface area contributed by atoms with E-state index in [1.165, 1.54) is 32.1 Å². The summed E-state index contributed by atoms with van der Waals surface area (Å²) in [6.45, 7) is 5.48. The molecule has 1 fully saturated rings. The molecule has 0 radical (unpaired) electrons. The highest BCUT2D eigenvalue weighted by molar-refractivity contribution is 9.10. The Labute approximate surface area is 188 Å². The molecule has 2 aromatic carbocycles. The molecule has 1 amide bonds. The second kappa shape index (κ2) is 11.4. The maximum absolute atomic E-state index is 12.8. The minimum Gasteiger partial charge on any atom is -0.494 e. The summed E-state index contributed by atoms with van der Waals surface area (Å²) in [5.74, 6) is 2.44. The van der Waals surface area contributed by atoms with Crippen LogP contribution < -0.4 is 14.8 Å². The molecule has 30 heavy (non-hydrogen) atoms. The summed E-state index contributed by atoms with van der Waals surface area (Å²) in [6, 6.07) is 13.1. The van der Waals surface area contributed by atoms with Gasteiger partial charge in [-0.05, 0) is 60.7 Å². The van der Waals surface area contributed by atoms with Crippen LogP contribution in [0.4, 0.5) is 5.69 Å². The number of carbonyl (C=O) groups is 1. The van der Waals surface area contributed by atoms with Crippen LogP contribution in [0.2, 0.25) is 0 Å². The summed E-state index contributed by atoms with van der Waals surface area (Å²) in [7, 11) is 0. The van der Waals surface area contributed by atoms with Crippen molar-refractivity contribution in [3.63, 3.8) is 0 Å². The lowest BCUT2D eigenvalue weighted by molar-refractivity contribution is 0.102. The first-order valence-electron chi connectivity index (χ1n) is 11.0. The molecule has 1 aliphatic carbocycles. The first-order valence-corrected chi connectivity index (χ1v) is 11.8. The number of ether oxygens (including phenoxy) is 2. The van der Waals surface area contributed by atoms with Gasteiger partial charge < -0.3 is 14.8 Å². The number of amides is 1. The van der Waals surface area contributed by atoms with E-state index >= 15 is 0 Å². The minimum absolute atomic E-state index is 0.193. The van der Waals surface area contributed by atoms with Gasteiger partial charge in [-0.15, -0.1) is 0 Å². The van der Waals surface area contributed by atoms with Crippen molar-refractivity contribution in [2.24, 2.45) is 11.8 Å². The van der Waals surface area contributed by atoms with Crippen LogP contribution >= 0.6 is 15.9 Å². The van der Waals surface area contributed by atoms with Crippen LogP contribution in [0.15, 0.2) is 46.9 Å². The third-order valence-corrected chi connectivity index (χ3v) is 5.88. The highest BCUT2D eigenvalue weighted by Gasteiger charge is 2.15. The number of halogens is 1. The fourth-order valence-corrected chi connectivity index (χ4v) is 4.08. The standard InChI is InChI=1S/C25H32BrNO3/c1-18(2)17-30-24-13-8-20(26)16-23(24)25(28)27-21-9-11-22(12-10-21)29-15-14-19-6-4-3-5-7-19/h8-13,16,18-19H,3-7,14-15,17H2,1-2H3,(H,27,28). The first kappa shape index (κ1) is 22.7. The van der Waals surface area contributed by atoms with E-state index in [0.29, 0.717) is 23.8 Å². The van der Waals surface area contributed by atoms with Crippen molar-refractivity contribution in [3.8, 4) is 11.5 Å². The van der Waals surface area contributed by atoms with Gasteiger partial charge in [-0.2, -0.15) is 0 Å². The summed E-state index contributed by atoms with van der Waals surface area (Å²) in [5.41, 5.74) is 1.24. The van der Waals surface area contributed by atoms with Crippen LogP contribution in [-0.2, 0) is 0 Å².